The fraction of sp³-hybridized carbons (Fsp3) is 0.353. The molecular formula is C17H20N2O2. The first kappa shape index (κ1) is 14.0. The van der Waals surface area contributed by atoms with Crippen LogP contribution in [0.1, 0.15) is 35.2 Å². The molecule has 0 fully saturated rings. The molecule has 1 aromatic carbocycles. The number of hydrogen-bond donors (Lipinski definition) is 2. The van der Waals surface area contributed by atoms with Gasteiger partial charge >= 0.3 is 0 Å². The van der Waals surface area contributed by atoms with Crippen LogP contribution < -0.4 is 10.5 Å². The van der Waals surface area contributed by atoms with E-state index in [1.54, 1.807) is 0 Å². The van der Waals surface area contributed by atoms with Crippen molar-refractivity contribution in [1.82, 2.24) is 4.98 Å². The van der Waals surface area contributed by atoms with Crippen LogP contribution in [0.15, 0.2) is 30.3 Å². The maximum atomic E-state index is 9.20. The minimum atomic E-state index is -0.00143. The first-order valence-corrected chi connectivity index (χ1v) is 7.39. The zero-order chi connectivity index (χ0) is 14.7. The highest BCUT2D eigenvalue weighted by Gasteiger charge is 2.16. The molecule has 1 aromatic heterocycles. The molecule has 21 heavy (non-hydrogen) atoms. The molecule has 110 valence electrons. The Morgan fingerprint density at radius 1 is 1.19 bits per heavy atom. The average Bonchev–Trinajstić information content (AvgIpc) is 2.54. The van der Waals surface area contributed by atoms with Gasteiger partial charge in [-0.2, -0.15) is 0 Å². The third-order valence-corrected chi connectivity index (χ3v) is 3.86. The predicted molar refractivity (Wildman–Crippen MR) is 81.2 cm³/mol. The van der Waals surface area contributed by atoms with Gasteiger partial charge in [-0.05, 0) is 55.0 Å². The lowest BCUT2D eigenvalue weighted by Gasteiger charge is -2.18. The summed E-state index contributed by atoms with van der Waals surface area (Å²) in [6, 6.07) is 9.53. The summed E-state index contributed by atoms with van der Waals surface area (Å²) in [4.78, 5) is 4.67. The lowest BCUT2D eigenvalue weighted by molar-refractivity contribution is 0.281. The second-order valence-electron chi connectivity index (χ2n) is 5.38. The fourth-order valence-corrected chi connectivity index (χ4v) is 2.72. The molecule has 1 heterocycles. The molecule has 0 bridgehead atoms. The summed E-state index contributed by atoms with van der Waals surface area (Å²) in [5, 5.41) is 9.20. The number of pyridine rings is 1. The SMILES string of the molecule is NCc1cc2c(nc1Oc1cccc(CO)c1)CCCC2. The molecule has 4 nitrogen and oxygen atoms in total. The van der Waals surface area contributed by atoms with E-state index in [0.29, 0.717) is 18.2 Å². The van der Waals surface area contributed by atoms with E-state index in [0.717, 1.165) is 29.7 Å². The van der Waals surface area contributed by atoms with Gasteiger partial charge in [0.25, 0.3) is 0 Å². The molecule has 2 aromatic rings. The van der Waals surface area contributed by atoms with Gasteiger partial charge in [-0.15, -0.1) is 0 Å². The number of aliphatic hydroxyl groups excluding tert-OH is 1. The zero-order valence-corrected chi connectivity index (χ0v) is 12.0. The van der Waals surface area contributed by atoms with Crippen molar-refractivity contribution in [2.75, 3.05) is 0 Å². The van der Waals surface area contributed by atoms with Crippen LogP contribution in [0.2, 0.25) is 0 Å². The minimum Gasteiger partial charge on any atom is -0.439 e. The van der Waals surface area contributed by atoms with E-state index in [9.17, 15) is 5.11 Å². The van der Waals surface area contributed by atoms with Crippen molar-refractivity contribution in [2.45, 2.75) is 38.8 Å². The number of aliphatic hydroxyl groups is 1. The first-order chi connectivity index (χ1) is 10.3. The van der Waals surface area contributed by atoms with Crippen molar-refractivity contribution < 1.29 is 9.84 Å². The Hall–Kier alpha value is -1.91. The first-order valence-electron chi connectivity index (χ1n) is 7.39. The van der Waals surface area contributed by atoms with E-state index < -0.39 is 0 Å². The van der Waals surface area contributed by atoms with Gasteiger partial charge in [-0.3, -0.25) is 0 Å². The van der Waals surface area contributed by atoms with Crippen molar-refractivity contribution in [2.24, 2.45) is 5.73 Å². The lowest BCUT2D eigenvalue weighted by Crippen LogP contribution is -2.10. The minimum absolute atomic E-state index is 0.00143. The molecular weight excluding hydrogens is 264 g/mol. The highest BCUT2D eigenvalue weighted by atomic mass is 16.5. The predicted octanol–water partition coefficient (Wildman–Crippen LogP) is 2.70. The number of nitrogens with two attached hydrogens (primary N) is 1. The van der Waals surface area contributed by atoms with Crippen LogP contribution in [0.4, 0.5) is 0 Å². The van der Waals surface area contributed by atoms with Gasteiger partial charge in [0.2, 0.25) is 5.88 Å². The number of benzene rings is 1. The van der Waals surface area contributed by atoms with E-state index in [1.807, 2.05) is 24.3 Å². The highest BCUT2D eigenvalue weighted by Crippen LogP contribution is 2.29. The van der Waals surface area contributed by atoms with Crippen LogP contribution in [0.5, 0.6) is 11.6 Å². The Kier molecular flexibility index (Phi) is 4.18. The summed E-state index contributed by atoms with van der Waals surface area (Å²) >= 11 is 0. The van der Waals surface area contributed by atoms with Crippen LogP contribution in [0.3, 0.4) is 0 Å². The number of aromatic nitrogens is 1. The van der Waals surface area contributed by atoms with E-state index in [2.05, 4.69) is 11.1 Å². The topological polar surface area (TPSA) is 68.4 Å². The van der Waals surface area contributed by atoms with Gasteiger partial charge in [0, 0.05) is 17.8 Å². The van der Waals surface area contributed by atoms with Crippen LogP contribution in [-0.4, -0.2) is 10.1 Å². The highest BCUT2D eigenvalue weighted by molar-refractivity contribution is 5.39. The Morgan fingerprint density at radius 3 is 2.86 bits per heavy atom. The molecule has 0 atom stereocenters. The summed E-state index contributed by atoms with van der Waals surface area (Å²) in [5.41, 5.74) is 10.0. The van der Waals surface area contributed by atoms with Crippen molar-refractivity contribution in [1.29, 1.82) is 0 Å². The zero-order valence-electron chi connectivity index (χ0n) is 12.0. The maximum absolute atomic E-state index is 9.20. The van der Waals surface area contributed by atoms with E-state index in [4.69, 9.17) is 10.5 Å². The maximum Gasteiger partial charge on any atom is 0.223 e. The van der Waals surface area contributed by atoms with Gasteiger partial charge in [-0.1, -0.05) is 12.1 Å². The molecule has 0 radical (unpaired) electrons. The van der Waals surface area contributed by atoms with Gasteiger partial charge in [-0.25, -0.2) is 4.98 Å². The summed E-state index contributed by atoms with van der Waals surface area (Å²) in [7, 11) is 0. The molecule has 3 N–H and O–H groups in total. The molecule has 0 spiro atoms. The van der Waals surface area contributed by atoms with E-state index in [1.165, 1.54) is 18.4 Å². The Morgan fingerprint density at radius 2 is 2.05 bits per heavy atom. The van der Waals surface area contributed by atoms with E-state index in [-0.39, 0.29) is 6.61 Å². The third kappa shape index (κ3) is 3.06. The quantitative estimate of drug-likeness (QED) is 0.905. The summed E-state index contributed by atoms with van der Waals surface area (Å²) in [5.74, 6) is 1.27. The van der Waals surface area contributed by atoms with Crippen molar-refractivity contribution >= 4 is 0 Å². The van der Waals surface area contributed by atoms with Gasteiger partial charge in [0.05, 0.1) is 6.61 Å². The van der Waals surface area contributed by atoms with Crippen LogP contribution in [0.25, 0.3) is 0 Å². The number of ether oxygens (including phenoxy) is 1. The summed E-state index contributed by atoms with van der Waals surface area (Å²) < 4.78 is 5.91. The average molecular weight is 284 g/mol. The number of rotatable bonds is 4. The Balaban J connectivity index is 1.93. The van der Waals surface area contributed by atoms with Gasteiger partial charge in [0.1, 0.15) is 5.75 Å². The third-order valence-electron chi connectivity index (χ3n) is 3.86. The number of fused-ring (bicyclic) bond motifs is 1. The van der Waals surface area contributed by atoms with E-state index >= 15 is 0 Å². The van der Waals surface area contributed by atoms with Crippen LogP contribution in [-0.2, 0) is 26.0 Å². The summed E-state index contributed by atoms with van der Waals surface area (Å²) in [6.07, 6.45) is 4.49. The van der Waals surface area contributed by atoms with Crippen molar-refractivity contribution in [3.05, 3.63) is 52.7 Å². The largest absolute Gasteiger partial charge is 0.439 e. The smallest absolute Gasteiger partial charge is 0.223 e. The molecule has 4 heteroatoms. The monoisotopic (exact) mass is 284 g/mol. The van der Waals surface area contributed by atoms with Gasteiger partial charge in [0.15, 0.2) is 0 Å². The number of hydrogen-bond acceptors (Lipinski definition) is 4. The van der Waals surface area contributed by atoms with Crippen LogP contribution in [0, 0.1) is 0 Å². The summed E-state index contributed by atoms with van der Waals surface area (Å²) in [6.45, 7) is 0.411. The van der Waals surface area contributed by atoms with Gasteiger partial charge < -0.3 is 15.6 Å². The molecule has 0 aliphatic heterocycles. The molecule has 0 unspecified atom stereocenters. The lowest BCUT2D eigenvalue weighted by atomic mass is 9.95. The molecule has 0 amide bonds. The second-order valence-corrected chi connectivity index (χ2v) is 5.38. The number of nitrogens with zero attached hydrogens (tertiary/aromatic N) is 1. The molecule has 1 aliphatic rings. The second kappa shape index (κ2) is 6.24. The fourth-order valence-electron chi connectivity index (χ4n) is 2.72. The molecule has 3 rings (SSSR count). The van der Waals surface area contributed by atoms with Crippen molar-refractivity contribution in [3.8, 4) is 11.6 Å². The molecule has 0 saturated heterocycles. The Bertz CT molecular complexity index is 641. The normalized spacial score (nSPS) is 13.8. The molecule has 1 aliphatic carbocycles. The Labute approximate surface area is 124 Å². The number of aryl methyl sites for hydroxylation is 2. The molecule has 0 saturated carbocycles. The van der Waals surface area contributed by atoms with Crippen LogP contribution >= 0.6 is 0 Å². The standard InChI is InChI=1S/C17H20N2O2/c18-10-14-9-13-5-1-2-7-16(13)19-17(14)21-15-6-3-4-12(8-15)11-20/h3-4,6,8-9,20H,1-2,5,7,10-11,18H2. The van der Waals surface area contributed by atoms with Crippen molar-refractivity contribution in [3.63, 3.8) is 0 Å².